The lowest BCUT2D eigenvalue weighted by Gasteiger charge is -2.05. The van der Waals surface area contributed by atoms with Crippen LogP contribution in [0.1, 0.15) is 23.2 Å². The molecule has 0 unspecified atom stereocenters. The monoisotopic (exact) mass is 297 g/mol. The van der Waals surface area contributed by atoms with Crippen LogP contribution in [-0.4, -0.2) is 29.9 Å². The molecule has 4 nitrogen and oxygen atoms in total. The zero-order valence-corrected chi connectivity index (χ0v) is 12.3. The van der Waals surface area contributed by atoms with Gasteiger partial charge in [0.05, 0.1) is 6.61 Å². The third-order valence-electron chi connectivity index (χ3n) is 3.33. The lowest BCUT2D eigenvalue weighted by atomic mass is 10.0. The van der Waals surface area contributed by atoms with Crippen LogP contribution in [0.4, 0.5) is 0 Å². The normalized spacial score (nSPS) is 10.2. The molecule has 0 bridgehead atoms. The Morgan fingerprint density at radius 3 is 2.14 bits per heavy atom. The van der Waals surface area contributed by atoms with E-state index in [1.165, 1.54) is 0 Å². The highest BCUT2D eigenvalue weighted by Gasteiger charge is 2.09. The maximum Gasteiger partial charge on any atom is 0.220 e. The van der Waals surface area contributed by atoms with Crippen molar-refractivity contribution in [3.63, 3.8) is 0 Å². The Kier molecular flexibility index (Phi) is 5.86. The molecule has 2 N–H and O–H groups in total. The van der Waals surface area contributed by atoms with Gasteiger partial charge in [-0.3, -0.25) is 9.59 Å². The van der Waals surface area contributed by atoms with Crippen molar-refractivity contribution in [3.8, 4) is 11.1 Å². The summed E-state index contributed by atoms with van der Waals surface area (Å²) >= 11 is 0. The van der Waals surface area contributed by atoms with Crippen LogP contribution in [0.2, 0.25) is 0 Å². The van der Waals surface area contributed by atoms with Crippen molar-refractivity contribution in [2.24, 2.45) is 0 Å². The SMILES string of the molecule is O=C(CCC(=O)c1ccc(-c2ccccc2)cc1)NCCO. The van der Waals surface area contributed by atoms with Crippen LogP contribution in [0.3, 0.4) is 0 Å². The summed E-state index contributed by atoms with van der Waals surface area (Å²) in [5, 5.41) is 11.1. The van der Waals surface area contributed by atoms with Crippen LogP contribution >= 0.6 is 0 Å². The maximum atomic E-state index is 12.0. The van der Waals surface area contributed by atoms with Gasteiger partial charge in [-0.05, 0) is 11.1 Å². The van der Waals surface area contributed by atoms with Gasteiger partial charge in [0.15, 0.2) is 5.78 Å². The number of aliphatic hydroxyl groups excluding tert-OH is 1. The quantitative estimate of drug-likeness (QED) is 0.771. The van der Waals surface area contributed by atoms with E-state index in [0.717, 1.165) is 11.1 Å². The van der Waals surface area contributed by atoms with Crippen LogP contribution in [0, 0.1) is 0 Å². The van der Waals surface area contributed by atoms with Gasteiger partial charge in [-0.1, -0.05) is 54.6 Å². The van der Waals surface area contributed by atoms with E-state index >= 15 is 0 Å². The van der Waals surface area contributed by atoms with Crippen molar-refractivity contribution < 1.29 is 14.7 Å². The smallest absolute Gasteiger partial charge is 0.220 e. The summed E-state index contributed by atoms with van der Waals surface area (Å²) in [6.45, 7) is 0.124. The van der Waals surface area contributed by atoms with Crippen molar-refractivity contribution >= 4 is 11.7 Å². The molecule has 2 aromatic rings. The van der Waals surface area contributed by atoms with Gasteiger partial charge in [-0.25, -0.2) is 0 Å². The van der Waals surface area contributed by atoms with Crippen LogP contribution in [0.25, 0.3) is 11.1 Å². The van der Waals surface area contributed by atoms with Gasteiger partial charge in [-0.15, -0.1) is 0 Å². The van der Waals surface area contributed by atoms with Gasteiger partial charge in [-0.2, -0.15) is 0 Å². The molecular weight excluding hydrogens is 278 g/mol. The number of amides is 1. The predicted molar refractivity (Wildman–Crippen MR) is 85.5 cm³/mol. The molecule has 114 valence electrons. The molecule has 22 heavy (non-hydrogen) atoms. The summed E-state index contributed by atoms with van der Waals surface area (Å²) in [6.07, 6.45) is 0.307. The molecule has 0 aliphatic rings. The minimum absolute atomic E-state index is 0.0567. The van der Waals surface area contributed by atoms with Crippen LogP contribution in [0.15, 0.2) is 54.6 Å². The number of hydrogen-bond donors (Lipinski definition) is 2. The van der Waals surface area contributed by atoms with E-state index in [-0.39, 0.29) is 37.7 Å². The second-order valence-electron chi connectivity index (χ2n) is 4.94. The summed E-state index contributed by atoms with van der Waals surface area (Å²) in [4.78, 5) is 23.4. The zero-order valence-electron chi connectivity index (χ0n) is 12.3. The molecule has 0 fully saturated rings. The third-order valence-corrected chi connectivity index (χ3v) is 3.33. The topological polar surface area (TPSA) is 66.4 Å². The summed E-state index contributed by atoms with van der Waals surface area (Å²) in [6, 6.07) is 17.3. The number of ketones is 1. The van der Waals surface area contributed by atoms with E-state index in [0.29, 0.717) is 5.56 Å². The maximum absolute atomic E-state index is 12.0. The molecule has 0 heterocycles. The minimum Gasteiger partial charge on any atom is -0.395 e. The summed E-state index contributed by atoms with van der Waals surface area (Å²) in [5.74, 6) is -0.276. The number of benzene rings is 2. The molecule has 2 aromatic carbocycles. The molecule has 0 atom stereocenters. The summed E-state index contributed by atoms with van der Waals surface area (Å²) in [5.41, 5.74) is 2.76. The predicted octanol–water partition coefficient (Wildman–Crippen LogP) is 2.43. The fourth-order valence-electron chi connectivity index (χ4n) is 2.13. The van der Waals surface area contributed by atoms with E-state index in [1.54, 1.807) is 12.1 Å². The molecule has 0 aliphatic carbocycles. The van der Waals surface area contributed by atoms with E-state index in [2.05, 4.69) is 5.32 Å². The van der Waals surface area contributed by atoms with Crippen molar-refractivity contribution in [1.82, 2.24) is 5.32 Å². The molecule has 0 saturated heterocycles. The van der Waals surface area contributed by atoms with Gasteiger partial charge in [0.25, 0.3) is 0 Å². The highest BCUT2D eigenvalue weighted by molar-refractivity contribution is 5.98. The van der Waals surface area contributed by atoms with Gasteiger partial charge in [0, 0.05) is 24.9 Å². The van der Waals surface area contributed by atoms with Crippen LogP contribution < -0.4 is 5.32 Å². The Labute approximate surface area is 129 Å². The Morgan fingerprint density at radius 1 is 0.864 bits per heavy atom. The zero-order chi connectivity index (χ0) is 15.8. The number of carbonyl (C=O) groups is 2. The highest BCUT2D eigenvalue weighted by atomic mass is 16.3. The van der Waals surface area contributed by atoms with Gasteiger partial charge < -0.3 is 10.4 Å². The van der Waals surface area contributed by atoms with Crippen molar-refractivity contribution in [2.75, 3.05) is 13.2 Å². The van der Waals surface area contributed by atoms with Gasteiger partial charge in [0.2, 0.25) is 5.91 Å². The Hall–Kier alpha value is -2.46. The standard InChI is InChI=1S/C18H19NO3/c20-13-12-19-18(22)11-10-17(21)16-8-6-15(7-9-16)14-4-2-1-3-5-14/h1-9,20H,10-13H2,(H,19,22). The number of nitrogens with one attached hydrogen (secondary N) is 1. The van der Waals surface area contributed by atoms with Crippen molar-refractivity contribution in [2.45, 2.75) is 12.8 Å². The van der Waals surface area contributed by atoms with E-state index in [4.69, 9.17) is 5.11 Å². The lowest BCUT2D eigenvalue weighted by Crippen LogP contribution is -2.26. The molecule has 0 spiro atoms. The van der Waals surface area contributed by atoms with Crippen molar-refractivity contribution in [3.05, 3.63) is 60.2 Å². The molecule has 2 rings (SSSR count). The average Bonchev–Trinajstić information content (AvgIpc) is 2.58. The number of Topliss-reactive ketones (excluding diaryl/α,β-unsaturated/α-hetero) is 1. The fourth-order valence-corrected chi connectivity index (χ4v) is 2.13. The van der Waals surface area contributed by atoms with E-state index in [1.807, 2.05) is 42.5 Å². The summed E-state index contributed by atoms with van der Waals surface area (Å²) < 4.78 is 0. The Morgan fingerprint density at radius 2 is 1.50 bits per heavy atom. The fraction of sp³-hybridized carbons (Fsp3) is 0.222. The van der Waals surface area contributed by atoms with Crippen LogP contribution in [-0.2, 0) is 4.79 Å². The largest absolute Gasteiger partial charge is 0.395 e. The minimum atomic E-state index is -0.219. The van der Waals surface area contributed by atoms with Gasteiger partial charge in [0.1, 0.15) is 0 Å². The Balaban J connectivity index is 1.93. The van der Waals surface area contributed by atoms with E-state index < -0.39 is 0 Å². The third kappa shape index (κ3) is 4.53. The molecular formula is C18H19NO3. The molecule has 0 aliphatic heterocycles. The molecule has 0 aromatic heterocycles. The number of aliphatic hydroxyl groups is 1. The highest BCUT2D eigenvalue weighted by Crippen LogP contribution is 2.19. The van der Waals surface area contributed by atoms with E-state index in [9.17, 15) is 9.59 Å². The summed E-state index contributed by atoms with van der Waals surface area (Å²) in [7, 11) is 0. The van der Waals surface area contributed by atoms with Crippen molar-refractivity contribution in [1.29, 1.82) is 0 Å². The first kappa shape index (κ1) is 15.9. The average molecular weight is 297 g/mol. The Bertz CT molecular complexity index is 621. The first-order valence-corrected chi connectivity index (χ1v) is 7.27. The number of carbonyl (C=O) groups excluding carboxylic acids is 2. The van der Waals surface area contributed by atoms with Gasteiger partial charge >= 0.3 is 0 Å². The lowest BCUT2D eigenvalue weighted by molar-refractivity contribution is -0.121. The number of rotatable bonds is 7. The first-order valence-electron chi connectivity index (χ1n) is 7.27. The molecule has 0 saturated carbocycles. The van der Waals surface area contributed by atoms with Crippen LogP contribution in [0.5, 0.6) is 0 Å². The number of hydrogen-bond acceptors (Lipinski definition) is 3. The second kappa shape index (κ2) is 8.10. The molecule has 1 amide bonds. The first-order chi connectivity index (χ1) is 10.7. The second-order valence-corrected chi connectivity index (χ2v) is 4.94. The molecule has 4 heteroatoms. The molecule has 0 radical (unpaired) electrons.